The van der Waals surface area contributed by atoms with Crippen molar-refractivity contribution in [1.29, 1.82) is 0 Å². The normalized spacial score (nSPS) is 18.5. The second kappa shape index (κ2) is 5.61. The number of alkyl carbamates (subject to hydrolysis) is 1. The molecule has 2 rings (SSSR count). The van der Waals surface area contributed by atoms with Crippen molar-refractivity contribution in [2.75, 3.05) is 25.1 Å². The Morgan fingerprint density at radius 3 is 2.79 bits per heavy atom. The maximum atomic E-state index is 11.2. The molecule has 1 aromatic heterocycles. The molecule has 1 saturated heterocycles. The first-order chi connectivity index (χ1) is 9.01. The zero-order chi connectivity index (χ0) is 14.0. The molecular weight excluding hydrogens is 268 g/mol. The van der Waals surface area contributed by atoms with Crippen molar-refractivity contribution < 1.29 is 9.53 Å². The number of hydrogen-bond acceptors (Lipinski definition) is 5. The lowest BCUT2D eigenvalue weighted by Gasteiger charge is -2.19. The lowest BCUT2D eigenvalue weighted by Crippen LogP contribution is -2.37. The van der Waals surface area contributed by atoms with Gasteiger partial charge in [-0.1, -0.05) is 11.6 Å². The number of hydrogen-bond donors (Lipinski definition) is 1. The number of aromatic nitrogens is 2. The maximum absolute atomic E-state index is 11.2. The first-order valence-corrected chi connectivity index (χ1v) is 6.49. The summed E-state index contributed by atoms with van der Waals surface area (Å²) in [7, 11) is 1.35. The number of carbonyl (C=O) groups is 1. The third kappa shape index (κ3) is 3.07. The van der Waals surface area contributed by atoms with Crippen LogP contribution in [0.4, 0.5) is 10.6 Å². The molecule has 1 aliphatic rings. The Morgan fingerprint density at radius 2 is 2.11 bits per heavy atom. The van der Waals surface area contributed by atoms with Crippen LogP contribution in [0.3, 0.4) is 0 Å². The number of amides is 1. The van der Waals surface area contributed by atoms with Crippen molar-refractivity contribution in [3.63, 3.8) is 0 Å². The van der Waals surface area contributed by atoms with Crippen LogP contribution in [0.1, 0.15) is 17.8 Å². The molecule has 1 amide bonds. The number of anilines is 1. The summed E-state index contributed by atoms with van der Waals surface area (Å²) in [6, 6.07) is 0.0481. The smallest absolute Gasteiger partial charge is 0.407 e. The third-order valence-electron chi connectivity index (χ3n) is 3.24. The average Bonchev–Trinajstić information content (AvgIpc) is 2.82. The van der Waals surface area contributed by atoms with Gasteiger partial charge in [0.1, 0.15) is 0 Å². The summed E-state index contributed by atoms with van der Waals surface area (Å²) in [6.45, 7) is 5.23. The molecule has 7 heteroatoms. The molecule has 0 aromatic carbocycles. The van der Waals surface area contributed by atoms with E-state index in [4.69, 9.17) is 11.6 Å². The fraction of sp³-hybridized carbons (Fsp3) is 0.583. The van der Waals surface area contributed by atoms with Crippen molar-refractivity contribution in [3.05, 3.63) is 16.5 Å². The van der Waals surface area contributed by atoms with Gasteiger partial charge in [0.2, 0.25) is 0 Å². The second-order valence-corrected chi connectivity index (χ2v) is 4.93. The van der Waals surface area contributed by atoms with Crippen LogP contribution in [-0.2, 0) is 4.74 Å². The van der Waals surface area contributed by atoms with E-state index in [-0.39, 0.29) is 6.04 Å². The van der Waals surface area contributed by atoms with Gasteiger partial charge in [0, 0.05) is 13.1 Å². The quantitative estimate of drug-likeness (QED) is 0.895. The molecule has 1 fully saturated rings. The zero-order valence-electron chi connectivity index (χ0n) is 11.2. The molecule has 1 aromatic rings. The predicted molar refractivity (Wildman–Crippen MR) is 72.7 cm³/mol. The van der Waals surface area contributed by atoms with Gasteiger partial charge in [0.05, 0.1) is 24.5 Å². The van der Waals surface area contributed by atoms with Gasteiger partial charge >= 0.3 is 6.09 Å². The molecule has 1 aliphatic heterocycles. The van der Waals surface area contributed by atoms with Gasteiger partial charge in [-0.3, -0.25) is 0 Å². The van der Waals surface area contributed by atoms with Crippen LogP contribution in [-0.4, -0.2) is 42.3 Å². The van der Waals surface area contributed by atoms with Crippen LogP contribution in [0, 0.1) is 13.8 Å². The van der Waals surface area contributed by atoms with Crippen LogP contribution in [0.15, 0.2) is 0 Å². The number of carbonyl (C=O) groups excluding carboxylic acids is 1. The third-order valence-corrected chi connectivity index (χ3v) is 3.50. The van der Waals surface area contributed by atoms with E-state index in [1.165, 1.54) is 7.11 Å². The molecule has 6 nitrogen and oxygen atoms in total. The minimum atomic E-state index is -0.413. The van der Waals surface area contributed by atoms with Crippen LogP contribution in [0.2, 0.25) is 5.15 Å². The summed E-state index contributed by atoms with van der Waals surface area (Å²) in [5.74, 6) is 0.680. The summed E-state index contributed by atoms with van der Waals surface area (Å²) in [6.07, 6.45) is 0.421. The maximum Gasteiger partial charge on any atom is 0.407 e. The summed E-state index contributed by atoms with van der Waals surface area (Å²) < 4.78 is 4.59. The lowest BCUT2D eigenvalue weighted by atomic mass is 10.3. The van der Waals surface area contributed by atoms with E-state index in [0.29, 0.717) is 17.5 Å². The van der Waals surface area contributed by atoms with Gasteiger partial charge in [0.25, 0.3) is 0 Å². The highest BCUT2D eigenvalue weighted by molar-refractivity contribution is 6.31. The molecule has 0 radical (unpaired) electrons. The van der Waals surface area contributed by atoms with Gasteiger partial charge < -0.3 is 15.0 Å². The van der Waals surface area contributed by atoms with Gasteiger partial charge in [-0.05, 0) is 20.3 Å². The standard InChI is InChI=1S/C12H17ClN4O2/c1-7-8(2)15-11(10(13)14-7)17-5-4-9(6-17)16-12(18)19-3/h9H,4-6H2,1-3H3,(H,16,18). The lowest BCUT2D eigenvalue weighted by molar-refractivity contribution is 0.167. The van der Waals surface area contributed by atoms with E-state index >= 15 is 0 Å². The molecule has 104 valence electrons. The Labute approximate surface area is 117 Å². The van der Waals surface area contributed by atoms with Gasteiger partial charge in [-0.15, -0.1) is 0 Å². The monoisotopic (exact) mass is 284 g/mol. The molecule has 1 atom stereocenters. The Hall–Kier alpha value is -1.56. The summed E-state index contributed by atoms with van der Waals surface area (Å²) in [5, 5.41) is 3.18. The molecule has 0 spiro atoms. The average molecular weight is 285 g/mol. The molecular formula is C12H17ClN4O2. The Bertz CT molecular complexity index is 495. The summed E-state index contributed by atoms with van der Waals surface area (Å²) in [5.41, 5.74) is 1.70. The van der Waals surface area contributed by atoms with Gasteiger partial charge in [-0.25, -0.2) is 14.8 Å². The number of aryl methyl sites for hydroxylation is 2. The molecule has 0 aliphatic carbocycles. The van der Waals surface area contributed by atoms with Crippen molar-refractivity contribution in [1.82, 2.24) is 15.3 Å². The fourth-order valence-electron chi connectivity index (χ4n) is 2.06. The highest BCUT2D eigenvalue weighted by atomic mass is 35.5. The topological polar surface area (TPSA) is 67.3 Å². The summed E-state index contributed by atoms with van der Waals surface area (Å²) >= 11 is 6.13. The van der Waals surface area contributed by atoms with Crippen LogP contribution in [0.5, 0.6) is 0 Å². The van der Waals surface area contributed by atoms with Crippen molar-refractivity contribution >= 4 is 23.5 Å². The van der Waals surface area contributed by atoms with E-state index in [2.05, 4.69) is 20.0 Å². The Morgan fingerprint density at radius 1 is 1.42 bits per heavy atom. The van der Waals surface area contributed by atoms with Crippen LogP contribution < -0.4 is 10.2 Å². The predicted octanol–water partition coefficient (Wildman–Crippen LogP) is 1.68. The largest absolute Gasteiger partial charge is 0.453 e. The van der Waals surface area contributed by atoms with E-state index in [1.54, 1.807) is 0 Å². The van der Waals surface area contributed by atoms with Crippen molar-refractivity contribution in [2.45, 2.75) is 26.3 Å². The number of methoxy groups -OCH3 is 1. The van der Waals surface area contributed by atoms with Crippen LogP contribution in [0.25, 0.3) is 0 Å². The molecule has 0 saturated carbocycles. The molecule has 2 heterocycles. The Balaban J connectivity index is 2.08. The minimum absolute atomic E-state index is 0.0481. The zero-order valence-corrected chi connectivity index (χ0v) is 12.0. The first-order valence-electron chi connectivity index (χ1n) is 6.11. The molecule has 19 heavy (non-hydrogen) atoms. The number of nitrogens with zero attached hydrogens (tertiary/aromatic N) is 3. The van der Waals surface area contributed by atoms with E-state index in [1.807, 2.05) is 18.7 Å². The number of halogens is 1. The van der Waals surface area contributed by atoms with E-state index in [0.717, 1.165) is 24.4 Å². The highest BCUT2D eigenvalue weighted by Gasteiger charge is 2.27. The SMILES string of the molecule is COC(=O)NC1CCN(c2nc(C)c(C)nc2Cl)C1. The Kier molecular flexibility index (Phi) is 4.09. The number of ether oxygens (including phenoxy) is 1. The fourth-order valence-corrected chi connectivity index (χ4v) is 2.35. The number of rotatable bonds is 2. The van der Waals surface area contributed by atoms with Crippen LogP contribution >= 0.6 is 11.6 Å². The molecule has 1 unspecified atom stereocenters. The summed E-state index contributed by atoms with van der Waals surface area (Å²) in [4.78, 5) is 21.9. The van der Waals surface area contributed by atoms with Gasteiger partial charge in [-0.2, -0.15) is 0 Å². The molecule has 0 bridgehead atoms. The second-order valence-electron chi connectivity index (χ2n) is 4.58. The van der Waals surface area contributed by atoms with Gasteiger partial charge in [0.15, 0.2) is 11.0 Å². The van der Waals surface area contributed by atoms with E-state index in [9.17, 15) is 4.79 Å². The van der Waals surface area contributed by atoms with Crippen molar-refractivity contribution in [2.24, 2.45) is 0 Å². The van der Waals surface area contributed by atoms with Crippen molar-refractivity contribution in [3.8, 4) is 0 Å². The number of nitrogens with one attached hydrogen (secondary N) is 1. The first kappa shape index (κ1) is 13.9. The minimum Gasteiger partial charge on any atom is -0.453 e. The molecule has 1 N–H and O–H groups in total. The van der Waals surface area contributed by atoms with E-state index < -0.39 is 6.09 Å². The highest BCUT2D eigenvalue weighted by Crippen LogP contribution is 2.26.